The fraction of sp³-hybridized carbons (Fsp3) is 0.0323. The summed E-state index contributed by atoms with van der Waals surface area (Å²) in [5, 5.41) is 2.50. The van der Waals surface area contributed by atoms with Crippen LogP contribution in [-0.2, 0) is 0 Å². The predicted octanol–water partition coefficient (Wildman–Crippen LogP) is 8.56. The van der Waals surface area contributed by atoms with Crippen LogP contribution >= 0.6 is 0 Å². The van der Waals surface area contributed by atoms with E-state index in [1.54, 1.807) is 0 Å². The maximum absolute atomic E-state index is 2.38. The van der Waals surface area contributed by atoms with Gasteiger partial charge in [-0.05, 0) is 61.5 Å². The average molecular weight is 425 g/mol. The zero-order chi connectivity index (χ0) is 22.2. The van der Waals surface area contributed by atoms with Crippen molar-refractivity contribution in [3.63, 3.8) is 0 Å². The molecule has 2 heteroatoms. The van der Waals surface area contributed by atoms with E-state index >= 15 is 0 Å². The van der Waals surface area contributed by atoms with Gasteiger partial charge in [0.25, 0.3) is 0 Å². The lowest BCUT2D eigenvalue weighted by molar-refractivity contribution is 1.17. The number of rotatable bonds is 4. The lowest BCUT2D eigenvalue weighted by atomic mass is 10.1. The van der Waals surface area contributed by atoms with Crippen LogP contribution in [0, 0.1) is 6.92 Å². The number of para-hydroxylation sites is 3. The summed E-state index contributed by atoms with van der Waals surface area (Å²) in [4.78, 5) is 2.36. The molecule has 0 aliphatic heterocycles. The number of nitrogens with zero attached hydrogens (tertiary/aromatic N) is 2. The minimum Gasteiger partial charge on any atom is -0.310 e. The Morgan fingerprint density at radius 2 is 1.09 bits per heavy atom. The van der Waals surface area contributed by atoms with E-state index in [1.165, 1.54) is 38.7 Å². The smallest absolute Gasteiger partial charge is 0.0562 e. The third-order valence-electron chi connectivity index (χ3n) is 6.24. The van der Waals surface area contributed by atoms with Gasteiger partial charge in [0.15, 0.2) is 0 Å². The Balaban J connectivity index is 1.71. The Hall–Kier alpha value is -4.30. The Morgan fingerprint density at radius 1 is 0.515 bits per heavy atom. The maximum atomic E-state index is 2.38. The first-order valence-corrected chi connectivity index (χ1v) is 11.3. The van der Waals surface area contributed by atoms with Crippen LogP contribution in [0.2, 0.25) is 0 Å². The molecule has 158 valence electrons. The first-order valence-electron chi connectivity index (χ1n) is 11.3. The Kier molecular flexibility index (Phi) is 4.70. The van der Waals surface area contributed by atoms with Crippen LogP contribution < -0.4 is 4.90 Å². The van der Waals surface area contributed by atoms with Gasteiger partial charge in [0.1, 0.15) is 0 Å². The van der Waals surface area contributed by atoms with Crippen molar-refractivity contribution < 1.29 is 0 Å². The number of fused-ring (bicyclic) bond motifs is 3. The quantitative estimate of drug-likeness (QED) is 0.275. The van der Waals surface area contributed by atoms with Gasteiger partial charge in [-0.2, -0.15) is 0 Å². The van der Waals surface area contributed by atoms with Crippen LogP contribution in [0.25, 0.3) is 27.5 Å². The van der Waals surface area contributed by atoms with Gasteiger partial charge < -0.3 is 9.47 Å². The van der Waals surface area contributed by atoms with Crippen LogP contribution in [0.1, 0.15) is 5.56 Å². The van der Waals surface area contributed by atoms with Gasteiger partial charge in [0.05, 0.1) is 16.7 Å². The lowest BCUT2D eigenvalue weighted by Crippen LogP contribution is -2.10. The molecule has 33 heavy (non-hydrogen) atoms. The second-order valence-corrected chi connectivity index (χ2v) is 8.37. The molecule has 1 heterocycles. The van der Waals surface area contributed by atoms with E-state index in [9.17, 15) is 0 Å². The van der Waals surface area contributed by atoms with Crippen LogP contribution in [0.4, 0.5) is 17.1 Å². The van der Waals surface area contributed by atoms with Gasteiger partial charge in [0.2, 0.25) is 0 Å². The van der Waals surface area contributed by atoms with Crippen LogP contribution in [0.5, 0.6) is 0 Å². The SMILES string of the molecule is Cc1ccc(-n2c3ccccc3c3c(N(c4ccccc4)c4ccccc4)cccc32)cc1. The highest BCUT2D eigenvalue weighted by atomic mass is 15.1. The summed E-state index contributed by atoms with van der Waals surface area (Å²) in [6.45, 7) is 2.13. The molecule has 6 aromatic rings. The van der Waals surface area contributed by atoms with Crippen molar-refractivity contribution in [2.45, 2.75) is 6.92 Å². The average Bonchev–Trinajstić information content (AvgIpc) is 3.21. The van der Waals surface area contributed by atoms with E-state index in [-0.39, 0.29) is 0 Å². The molecule has 6 rings (SSSR count). The van der Waals surface area contributed by atoms with Gasteiger partial charge in [-0.25, -0.2) is 0 Å². The van der Waals surface area contributed by atoms with E-state index in [1.807, 2.05) is 0 Å². The van der Waals surface area contributed by atoms with Gasteiger partial charge in [-0.15, -0.1) is 0 Å². The molecule has 0 aliphatic carbocycles. The van der Waals surface area contributed by atoms with Gasteiger partial charge in [0, 0.05) is 27.8 Å². The highest BCUT2D eigenvalue weighted by Gasteiger charge is 2.20. The van der Waals surface area contributed by atoms with Crippen molar-refractivity contribution in [3.8, 4) is 5.69 Å². The minimum absolute atomic E-state index is 1.14. The predicted molar refractivity (Wildman–Crippen MR) is 140 cm³/mol. The molecular weight excluding hydrogens is 400 g/mol. The zero-order valence-corrected chi connectivity index (χ0v) is 18.5. The first kappa shape index (κ1) is 19.4. The molecule has 0 aliphatic rings. The van der Waals surface area contributed by atoms with Crippen molar-refractivity contribution in [2.24, 2.45) is 0 Å². The highest BCUT2D eigenvalue weighted by Crippen LogP contribution is 2.43. The third-order valence-corrected chi connectivity index (χ3v) is 6.24. The van der Waals surface area contributed by atoms with Crippen LogP contribution in [0.15, 0.2) is 127 Å². The number of aryl methyl sites for hydroxylation is 1. The Labute approximate surface area is 194 Å². The van der Waals surface area contributed by atoms with Crippen molar-refractivity contribution >= 4 is 38.9 Å². The second-order valence-electron chi connectivity index (χ2n) is 8.37. The molecule has 0 saturated heterocycles. The van der Waals surface area contributed by atoms with Crippen LogP contribution in [-0.4, -0.2) is 4.57 Å². The maximum Gasteiger partial charge on any atom is 0.0562 e. The van der Waals surface area contributed by atoms with Gasteiger partial charge >= 0.3 is 0 Å². The summed E-state index contributed by atoms with van der Waals surface area (Å²) >= 11 is 0. The number of aromatic nitrogens is 1. The topological polar surface area (TPSA) is 8.17 Å². The van der Waals surface area contributed by atoms with E-state index in [4.69, 9.17) is 0 Å². The lowest BCUT2D eigenvalue weighted by Gasteiger charge is -2.26. The summed E-state index contributed by atoms with van der Waals surface area (Å²) in [5.41, 5.74) is 8.31. The van der Waals surface area contributed by atoms with E-state index < -0.39 is 0 Å². The molecule has 2 nitrogen and oxygen atoms in total. The largest absolute Gasteiger partial charge is 0.310 e. The number of anilines is 3. The van der Waals surface area contributed by atoms with Gasteiger partial charge in [-0.1, -0.05) is 78.4 Å². The molecule has 5 aromatic carbocycles. The molecule has 0 saturated carbocycles. The van der Waals surface area contributed by atoms with Crippen molar-refractivity contribution in [1.82, 2.24) is 4.57 Å². The number of hydrogen-bond acceptors (Lipinski definition) is 1. The molecule has 0 amide bonds. The van der Waals surface area contributed by atoms with Crippen molar-refractivity contribution in [2.75, 3.05) is 4.90 Å². The first-order chi connectivity index (χ1) is 16.3. The molecule has 0 unspecified atom stereocenters. The van der Waals surface area contributed by atoms with Gasteiger partial charge in [-0.3, -0.25) is 0 Å². The molecule has 0 radical (unpaired) electrons. The standard InChI is InChI=1S/C31H24N2/c1-23-19-21-26(22-20-23)33-28-16-9-8-15-27(28)31-29(17-10-18-30(31)33)32(24-11-4-2-5-12-24)25-13-6-3-7-14-25/h2-22H,1H3. The fourth-order valence-corrected chi connectivity index (χ4v) is 4.74. The number of hydrogen-bond donors (Lipinski definition) is 0. The van der Waals surface area contributed by atoms with Crippen molar-refractivity contribution in [1.29, 1.82) is 0 Å². The van der Waals surface area contributed by atoms with E-state index in [0.29, 0.717) is 0 Å². The van der Waals surface area contributed by atoms with Crippen LogP contribution in [0.3, 0.4) is 0 Å². The van der Waals surface area contributed by atoms with E-state index in [2.05, 4.69) is 144 Å². The molecule has 0 atom stereocenters. The summed E-state index contributed by atoms with van der Waals surface area (Å²) < 4.78 is 2.38. The third kappa shape index (κ3) is 3.28. The fourth-order valence-electron chi connectivity index (χ4n) is 4.74. The second kappa shape index (κ2) is 7.99. The molecule has 0 fully saturated rings. The molecular formula is C31H24N2. The van der Waals surface area contributed by atoms with E-state index in [0.717, 1.165) is 11.4 Å². The zero-order valence-electron chi connectivity index (χ0n) is 18.5. The molecule has 0 bridgehead atoms. The summed E-state index contributed by atoms with van der Waals surface area (Å²) in [7, 11) is 0. The highest BCUT2D eigenvalue weighted by molar-refractivity contribution is 6.16. The molecule has 0 N–H and O–H groups in total. The minimum atomic E-state index is 1.14. The summed E-state index contributed by atoms with van der Waals surface area (Å²) in [5.74, 6) is 0. The Morgan fingerprint density at radius 3 is 1.76 bits per heavy atom. The monoisotopic (exact) mass is 424 g/mol. The summed E-state index contributed by atoms with van der Waals surface area (Å²) in [6.07, 6.45) is 0. The molecule has 0 spiro atoms. The normalized spacial score (nSPS) is 11.2. The van der Waals surface area contributed by atoms with Crippen molar-refractivity contribution in [3.05, 3.63) is 133 Å². The molecule has 1 aromatic heterocycles. The summed E-state index contributed by atoms with van der Waals surface area (Å²) in [6, 6.07) is 45.3. The Bertz CT molecular complexity index is 1510. The number of benzene rings is 5.